The molecule has 0 aliphatic rings. The van der Waals surface area contributed by atoms with Crippen molar-refractivity contribution in [2.24, 2.45) is 0 Å². The Hall–Kier alpha value is -0.316. The molecule has 0 aromatic heterocycles. The summed E-state index contributed by atoms with van der Waals surface area (Å²) in [6.45, 7) is 2.23. The second-order valence-electron chi connectivity index (χ2n) is 5.84. The van der Waals surface area contributed by atoms with Crippen LogP contribution in [0, 0.1) is 0 Å². The first-order valence-electron chi connectivity index (χ1n) is 8.61. The van der Waals surface area contributed by atoms with Crippen LogP contribution in [0.5, 0.6) is 5.75 Å². The van der Waals surface area contributed by atoms with E-state index in [1.807, 2.05) is 6.07 Å². The second-order valence-corrected chi connectivity index (χ2v) is 7.53. The zero-order valence-electron chi connectivity index (χ0n) is 14.3. The van der Waals surface area contributed by atoms with Crippen molar-refractivity contribution in [2.75, 3.05) is 5.75 Å². The van der Waals surface area contributed by atoms with Crippen molar-refractivity contribution in [1.29, 1.82) is 0 Å². The van der Waals surface area contributed by atoms with Crippen LogP contribution in [-0.2, 0) is 31.8 Å². The molecule has 23 heavy (non-hydrogen) atoms. The first kappa shape index (κ1) is 22.7. The summed E-state index contributed by atoms with van der Waals surface area (Å²) < 4.78 is 28.7. The van der Waals surface area contributed by atoms with E-state index in [0.29, 0.717) is 12.2 Å². The molecule has 1 aromatic rings. The average molecular weight is 374 g/mol. The fraction of sp³-hybridized carbons (Fsp3) is 0.667. The number of para-hydroxylation sites is 1. The maximum Gasteiger partial charge on any atom is 0.309 e. The van der Waals surface area contributed by atoms with Crippen molar-refractivity contribution in [3.05, 3.63) is 30.3 Å². The molecule has 1 aromatic carbocycles. The smallest absolute Gasteiger partial charge is 0.309 e. The summed E-state index contributed by atoms with van der Waals surface area (Å²) in [5, 5.41) is 0. The molecule has 0 saturated carbocycles. The van der Waals surface area contributed by atoms with E-state index < -0.39 is 10.1 Å². The van der Waals surface area contributed by atoms with Crippen LogP contribution in [0.1, 0.15) is 71.1 Å². The quantitative estimate of drug-likeness (QED) is 0.267. The van der Waals surface area contributed by atoms with Crippen LogP contribution < -0.4 is 4.18 Å². The first-order chi connectivity index (χ1) is 10.6. The van der Waals surface area contributed by atoms with E-state index in [-0.39, 0.29) is 27.5 Å². The molecule has 0 aliphatic heterocycles. The summed E-state index contributed by atoms with van der Waals surface area (Å²) >= 11 is 0. The minimum Gasteiger partial charge on any atom is -0.382 e. The standard InChI is InChI=1S/C18H30O3S.Ti/c1-2-3-4-5-6-7-8-9-10-14-17-22(19,20)21-18-15-12-11-13-16-18;/h11-13,15-16H,2-10,14,17H2,1H3;. The van der Waals surface area contributed by atoms with Crippen molar-refractivity contribution < 1.29 is 34.3 Å². The fourth-order valence-electron chi connectivity index (χ4n) is 2.43. The Labute approximate surface area is 157 Å². The molecule has 0 spiro atoms. The van der Waals surface area contributed by atoms with E-state index in [2.05, 4.69) is 6.92 Å². The van der Waals surface area contributed by atoms with Crippen molar-refractivity contribution in [3.8, 4) is 5.75 Å². The molecule has 5 heteroatoms. The normalized spacial score (nSPS) is 11.0. The molecule has 3 nitrogen and oxygen atoms in total. The molecule has 130 valence electrons. The Bertz CT molecular complexity index is 474. The van der Waals surface area contributed by atoms with Gasteiger partial charge in [-0.15, -0.1) is 0 Å². The first-order valence-corrected chi connectivity index (χ1v) is 10.2. The maximum absolute atomic E-state index is 11.8. The van der Waals surface area contributed by atoms with Gasteiger partial charge in [-0.2, -0.15) is 8.42 Å². The minimum atomic E-state index is -3.44. The van der Waals surface area contributed by atoms with Gasteiger partial charge < -0.3 is 4.18 Å². The van der Waals surface area contributed by atoms with Gasteiger partial charge in [0.2, 0.25) is 0 Å². The molecule has 1 rings (SSSR count). The predicted molar refractivity (Wildman–Crippen MR) is 92.7 cm³/mol. The van der Waals surface area contributed by atoms with Gasteiger partial charge in [-0.25, -0.2) is 0 Å². The van der Waals surface area contributed by atoms with Crippen LogP contribution in [0.3, 0.4) is 0 Å². The molecular weight excluding hydrogens is 344 g/mol. The van der Waals surface area contributed by atoms with E-state index in [9.17, 15) is 8.42 Å². The van der Waals surface area contributed by atoms with Crippen molar-refractivity contribution in [3.63, 3.8) is 0 Å². The number of unbranched alkanes of at least 4 members (excludes halogenated alkanes) is 9. The summed E-state index contributed by atoms with van der Waals surface area (Å²) in [5.41, 5.74) is 0. The van der Waals surface area contributed by atoms with Gasteiger partial charge in [-0.3, -0.25) is 0 Å². The Balaban J connectivity index is 0.00000484. The van der Waals surface area contributed by atoms with Crippen LogP contribution in [0.15, 0.2) is 30.3 Å². The third kappa shape index (κ3) is 12.7. The number of benzene rings is 1. The van der Waals surface area contributed by atoms with Crippen LogP contribution in [0.2, 0.25) is 0 Å². The number of hydrogen-bond acceptors (Lipinski definition) is 3. The van der Waals surface area contributed by atoms with Gasteiger partial charge in [0.15, 0.2) is 0 Å². The van der Waals surface area contributed by atoms with Gasteiger partial charge in [-0.1, -0.05) is 82.9 Å². The van der Waals surface area contributed by atoms with E-state index in [4.69, 9.17) is 4.18 Å². The van der Waals surface area contributed by atoms with Crippen LogP contribution >= 0.6 is 0 Å². The average Bonchev–Trinajstić information content (AvgIpc) is 2.49. The molecule has 0 heterocycles. The maximum atomic E-state index is 11.8. The molecule has 0 N–H and O–H groups in total. The SMILES string of the molecule is CCCCCCCCCCCCS(=O)(=O)Oc1ccccc1.[Ti]. The summed E-state index contributed by atoms with van der Waals surface area (Å²) in [5.74, 6) is 0.507. The number of hydrogen-bond donors (Lipinski definition) is 0. The third-order valence-electron chi connectivity index (χ3n) is 3.71. The summed E-state index contributed by atoms with van der Waals surface area (Å²) in [7, 11) is -3.44. The summed E-state index contributed by atoms with van der Waals surface area (Å²) in [6, 6.07) is 8.70. The Morgan fingerprint density at radius 1 is 0.783 bits per heavy atom. The third-order valence-corrected chi connectivity index (χ3v) is 4.95. The van der Waals surface area contributed by atoms with Crippen LogP contribution in [0.4, 0.5) is 0 Å². The Kier molecular flexibility index (Phi) is 13.9. The van der Waals surface area contributed by atoms with Crippen molar-refractivity contribution >= 4 is 10.1 Å². The molecule has 0 aliphatic carbocycles. The molecular formula is C18H30O3STi. The van der Waals surface area contributed by atoms with Gasteiger partial charge in [0, 0.05) is 21.7 Å². The van der Waals surface area contributed by atoms with Gasteiger partial charge >= 0.3 is 10.1 Å². The topological polar surface area (TPSA) is 43.4 Å². The van der Waals surface area contributed by atoms with Crippen LogP contribution in [-0.4, -0.2) is 14.2 Å². The van der Waals surface area contributed by atoms with E-state index >= 15 is 0 Å². The van der Waals surface area contributed by atoms with E-state index in [0.717, 1.165) is 12.8 Å². The minimum absolute atomic E-state index is 0. The molecule has 0 fully saturated rings. The Morgan fingerprint density at radius 2 is 1.26 bits per heavy atom. The van der Waals surface area contributed by atoms with Crippen molar-refractivity contribution in [2.45, 2.75) is 71.1 Å². The van der Waals surface area contributed by atoms with Crippen molar-refractivity contribution in [1.82, 2.24) is 0 Å². The van der Waals surface area contributed by atoms with E-state index in [1.54, 1.807) is 24.3 Å². The molecule has 0 atom stereocenters. The second kappa shape index (κ2) is 14.1. The molecule has 0 unspecified atom stereocenters. The molecule has 0 amide bonds. The fourth-order valence-corrected chi connectivity index (χ4v) is 3.48. The zero-order valence-corrected chi connectivity index (χ0v) is 16.7. The van der Waals surface area contributed by atoms with Gasteiger partial charge in [0.25, 0.3) is 0 Å². The van der Waals surface area contributed by atoms with Gasteiger partial charge in [0.1, 0.15) is 5.75 Å². The monoisotopic (exact) mass is 374 g/mol. The zero-order chi connectivity index (χ0) is 16.1. The summed E-state index contributed by atoms with van der Waals surface area (Å²) in [4.78, 5) is 0. The molecule has 0 radical (unpaired) electrons. The van der Waals surface area contributed by atoms with E-state index in [1.165, 1.54) is 44.9 Å². The number of rotatable bonds is 13. The predicted octanol–water partition coefficient (Wildman–Crippen LogP) is 5.31. The van der Waals surface area contributed by atoms with Gasteiger partial charge in [-0.05, 0) is 18.6 Å². The Morgan fingerprint density at radius 3 is 1.78 bits per heavy atom. The largest absolute Gasteiger partial charge is 0.382 e. The van der Waals surface area contributed by atoms with Gasteiger partial charge in [0.05, 0.1) is 5.75 Å². The molecule has 0 saturated heterocycles. The summed E-state index contributed by atoms with van der Waals surface area (Å²) in [6.07, 6.45) is 11.9. The van der Waals surface area contributed by atoms with Crippen LogP contribution in [0.25, 0.3) is 0 Å². The molecule has 0 bridgehead atoms.